The Labute approximate surface area is 60.0 Å². The Morgan fingerprint density at radius 3 is 2.50 bits per heavy atom. The van der Waals surface area contributed by atoms with Crippen molar-refractivity contribution >= 4 is 24.7 Å². The molecule has 0 N–H and O–H groups in total. The van der Waals surface area contributed by atoms with Crippen LogP contribution in [0, 0.1) is 0 Å². The van der Waals surface area contributed by atoms with Crippen LogP contribution in [0.1, 0.15) is 13.8 Å². The summed E-state index contributed by atoms with van der Waals surface area (Å²) >= 11 is 0.280. The van der Waals surface area contributed by atoms with Gasteiger partial charge in [0.1, 0.15) is 0 Å². The summed E-state index contributed by atoms with van der Waals surface area (Å²) in [5, 5.41) is 0. The van der Waals surface area contributed by atoms with E-state index in [0.717, 1.165) is 0 Å². The van der Waals surface area contributed by atoms with Crippen LogP contribution in [0.25, 0.3) is 0 Å². The molecule has 0 aromatic heterocycles. The van der Waals surface area contributed by atoms with Crippen LogP contribution in [0.4, 0.5) is 0 Å². The predicted octanol–water partition coefficient (Wildman–Crippen LogP) is 2.62. The monoisotopic (exact) mass is 220 g/mol. The lowest BCUT2D eigenvalue weighted by molar-refractivity contribution is 1.47. The van der Waals surface area contributed by atoms with E-state index in [1.807, 2.05) is 0 Å². The Morgan fingerprint density at radius 2 is 2.12 bits per heavy atom. The molecule has 1 rings (SSSR count). The first kappa shape index (κ1) is 6.20. The van der Waals surface area contributed by atoms with Crippen LogP contribution in [0.3, 0.4) is 0 Å². The Balaban J connectivity index is 2.97. The summed E-state index contributed by atoms with van der Waals surface area (Å²) in [6.07, 6.45) is 4.34. The second-order valence-electron chi connectivity index (χ2n) is 1.81. The Hall–Kier alpha value is 0.0800. The molecule has 0 bridgehead atoms. The maximum absolute atomic E-state index is 2.29. The van der Waals surface area contributed by atoms with Crippen LogP contribution in [0.2, 0.25) is 0 Å². The molecule has 8 heavy (non-hydrogen) atoms. The van der Waals surface area contributed by atoms with Gasteiger partial charge in [-0.15, -0.1) is 0 Å². The van der Waals surface area contributed by atoms with Gasteiger partial charge in [0.05, 0.1) is 0 Å². The van der Waals surface area contributed by atoms with Gasteiger partial charge in [-0.2, -0.15) is 0 Å². The smallest absolute Gasteiger partial charge is 0.0149 e. The van der Waals surface area contributed by atoms with Gasteiger partial charge in [0.25, 0.3) is 0 Å². The Kier molecular flexibility index (Phi) is 2.00. The minimum atomic E-state index is 0.280. The molecule has 1 aliphatic heterocycles. The molecule has 0 amide bonds. The van der Waals surface area contributed by atoms with Gasteiger partial charge in [-0.05, 0) is 27.0 Å². The Bertz CT molecular complexity index is 153. The van der Waals surface area contributed by atoms with E-state index in [2.05, 4.69) is 30.0 Å². The van der Waals surface area contributed by atoms with Gasteiger partial charge >= 0.3 is 0 Å². The summed E-state index contributed by atoms with van der Waals surface area (Å²) in [4.78, 5) is 0. The van der Waals surface area contributed by atoms with Crippen molar-refractivity contribution < 1.29 is 0 Å². The zero-order valence-corrected chi connectivity index (χ0v) is 7.27. The van der Waals surface area contributed by atoms with E-state index >= 15 is 0 Å². The fourth-order valence-electron chi connectivity index (χ4n) is 0.512. The second-order valence-corrected chi connectivity index (χ2v) is 4.77. The van der Waals surface area contributed by atoms with Crippen molar-refractivity contribution in [1.29, 1.82) is 0 Å². The second kappa shape index (κ2) is 2.58. The standard InChI is InChI=1S/C7H9I/c1-6-4-3-5-8-7(6)2/h3-5H,1-2H3. The zero-order valence-electron chi connectivity index (χ0n) is 5.11. The first-order valence-corrected chi connectivity index (χ1v) is 4.94. The number of hydrogen-bond donors (Lipinski definition) is 0. The van der Waals surface area contributed by atoms with Crippen LogP contribution in [-0.4, -0.2) is 4.01 Å². The van der Waals surface area contributed by atoms with E-state index in [4.69, 9.17) is 0 Å². The fourth-order valence-corrected chi connectivity index (χ4v) is 2.14. The van der Waals surface area contributed by atoms with Crippen molar-refractivity contribution in [3.05, 3.63) is 21.3 Å². The van der Waals surface area contributed by atoms with Crippen molar-refractivity contribution in [3.63, 3.8) is 0 Å². The van der Waals surface area contributed by atoms with Crippen molar-refractivity contribution in [3.8, 4) is 0 Å². The molecule has 1 heteroatoms. The van der Waals surface area contributed by atoms with E-state index in [-0.39, 0.29) is 20.7 Å². The molecule has 0 aromatic carbocycles. The number of hydrogen-bond acceptors (Lipinski definition) is 0. The lowest BCUT2D eigenvalue weighted by Gasteiger charge is -1.98. The van der Waals surface area contributed by atoms with Gasteiger partial charge in [0.15, 0.2) is 0 Å². The third kappa shape index (κ3) is 1.28. The van der Waals surface area contributed by atoms with E-state index in [0.29, 0.717) is 0 Å². The minimum Gasteiger partial charge on any atom is -0.0902 e. The molecule has 1 heterocycles. The molecule has 0 nitrogen and oxygen atoms in total. The summed E-state index contributed by atoms with van der Waals surface area (Å²) in [6, 6.07) is 0. The molecule has 0 aromatic rings. The van der Waals surface area contributed by atoms with Crippen LogP contribution in [0.5, 0.6) is 0 Å². The van der Waals surface area contributed by atoms with Crippen LogP contribution >= 0.6 is 20.7 Å². The van der Waals surface area contributed by atoms with Crippen LogP contribution in [-0.2, 0) is 0 Å². The molecule has 0 fully saturated rings. The molecule has 0 spiro atoms. The highest BCUT2D eigenvalue weighted by atomic mass is 127. The lowest BCUT2D eigenvalue weighted by Crippen LogP contribution is -1.75. The van der Waals surface area contributed by atoms with Crippen molar-refractivity contribution in [2.75, 3.05) is 0 Å². The number of rotatable bonds is 0. The molecule has 0 aliphatic carbocycles. The van der Waals surface area contributed by atoms with Crippen molar-refractivity contribution in [2.24, 2.45) is 0 Å². The van der Waals surface area contributed by atoms with Gasteiger partial charge in [-0.25, -0.2) is 0 Å². The third-order valence-electron chi connectivity index (χ3n) is 1.19. The minimum absolute atomic E-state index is 0.280. The fraction of sp³-hybridized carbons (Fsp3) is 0.286. The zero-order chi connectivity index (χ0) is 5.98. The van der Waals surface area contributed by atoms with Gasteiger partial charge in [-0.1, -0.05) is 32.9 Å². The largest absolute Gasteiger partial charge is 0.0902 e. The maximum atomic E-state index is 2.29. The molecule has 0 atom stereocenters. The molecular formula is C7H9I. The van der Waals surface area contributed by atoms with Crippen molar-refractivity contribution in [1.82, 2.24) is 0 Å². The third-order valence-corrected chi connectivity index (χ3v) is 3.75. The topological polar surface area (TPSA) is 0 Å². The summed E-state index contributed by atoms with van der Waals surface area (Å²) in [6.45, 7) is 4.40. The predicted molar refractivity (Wildman–Crippen MR) is 47.6 cm³/mol. The number of halogens is 1. The molecule has 0 saturated heterocycles. The van der Waals surface area contributed by atoms with Gasteiger partial charge in [-0.3, -0.25) is 0 Å². The highest BCUT2D eigenvalue weighted by Gasteiger charge is 1.90. The summed E-state index contributed by atoms with van der Waals surface area (Å²) in [7, 11) is 0. The average molecular weight is 220 g/mol. The van der Waals surface area contributed by atoms with E-state index in [1.165, 1.54) is 5.57 Å². The van der Waals surface area contributed by atoms with Crippen molar-refractivity contribution in [2.45, 2.75) is 13.8 Å². The van der Waals surface area contributed by atoms with Crippen LogP contribution in [0.15, 0.2) is 21.3 Å². The lowest BCUT2D eigenvalue weighted by atomic mass is 10.3. The summed E-state index contributed by atoms with van der Waals surface area (Å²) in [5.41, 5.74) is 1.47. The summed E-state index contributed by atoms with van der Waals surface area (Å²) < 4.78 is 3.90. The molecule has 0 radical (unpaired) electrons. The maximum Gasteiger partial charge on any atom is -0.0149 e. The van der Waals surface area contributed by atoms with Gasteiger partial charge in [0.2, 0.25) is 0 Å². The molecule has 0 unspecified atom stereocenters. The molecule has 44 valence electrons. The first-order chi connectivity index (χ1) is 3.80. The SMILES string of the molecule is CC1=C(C)I=CC=C1. The van der Waals surface area contributed by atoms with E-state index in [1.54, 1.807) is 3.58 Å². The average Bonchev–Trinajstić information content (AvgIpc) is 1.77. The van der Waals surface area contributed by atoms with E-state index in [9.17, 15) is 0 Å². The van der Waals surface area contributed by atoms with Gasteiger partial charge < -0.3 is 0 Å². The van der Waals surface area contributed by atoms with Crippen LogP contribution < -0.4 is 0 Å². The first-order valence-electron chi connectivity index (χ1n) is 2.61. The summed E-state index contributed by atoms with van der Waals surface area (Å²) in [5.74, 6) is 0. The van der Waals surface area contributed by atoms with Gasteiger partial charge in [0, 0.05) is 0 Å². The van der Waals surface area contributed by atoms with E-state index < -0.39 is 0 Å². The molecule has 0 saturated carbocycles. The highest BCUT2D eigenvalue weighted by Crippen LogP contribution is 2.20. The molecule has 1 aliphatic rings. The Morgan fingerprint density at radius 1 is 1.38 bits per heavy atom. The molecular weight excluding hydrogens is 211 g/mol. The quantitative estimate of drug-likeness (QED) is 0.550. The highest BCUT2D eigenvalue weighted by molar-refractivity contribution is 14.2. The number of allylic oxidation sites excluding steroid dienone is 4. The normalized spacial score (nSPS) is 18.8.